The SMILES string of the molecule is COCc1ccc(C(=O)N2CCN(S(=O)(=O)Cc3ccccc3)CC2)o1. The number of carbonyl (C=O) groups excluding carboxylic acids is 1. The summed E-state index contributed by atoms with van der Waals surface area (Å²) < 4.78 is 37.0. The number of sulfonamides is 1. The number of methoxy groups -OCH3 is 1. The van der Waals surface area contributed by atoms with E-state index in [0.29, 0.717) is 25.5 Å². The Hall–Kier alpha value is -2.16. The van der Waals surface area contributed by atoms with Crippen molar-refractivity contribution in [1.82, 2.24) is 9.21 Å². The summed E-state index contributed by atoms with van der Waals surface area (Å²) in [5.41, 5.74) is 0.757. The van der Waals surface area contributed by atoms with E-state index in [-0.39, 0.29) is 30.5 Å². The summed E-state index contributed by atoms with van der Waals surface area (Å²) in [5.74, 6) is 0.574. The van der Waals surface area contributed by atoms with Gasteiger partial charge in [0.15, 0.2) is 5.76 Å². The highest BCUT2D eigenvalue weighted by Gasteiger charge is 2.30. The maximum Gasteiger partial charge on any atom is 0.289 e. The van der Waals surface area contributed by atoms with Crippen molar-refractivity contribution in [3.63, 3.8) is 0 Å². The molecule has 1 aromatic heterocycles. The van der Waals surface area contributed by atoms with Crippen LogP contribution in [0.3, 0.4) is 0 Å². The molecule has 3 rings (SSSR count). The van der Waals surface area contributed by atoms with E-state index in [4.69, 9.17) is 9.15 Å². The molecule has 0 N–H and O–H groups in total. The second-order valence-corrected chi connectivity index (χ2v) is 8.10. The van der Waals surface area contributed by atoms with E-state index in [9.17, 15) is 13.2 Å². The molecule has 0 aliphatic carbocycles. The number of hydrogen-bond donors (Lipinski definition) is 0. The standard InChI is InChI=1S/C18H22N2O5S/c1-24-13-16-7-8-17(25-16)18(21)19-9-11-20(12-10-19)26(22,23)14-15-5-3-2-4-6-15/h2-8H,9-14H2,1H3. The summed E-state index contributed by atoms with van der Waals surface area (Å²) in [4.78, 5) is 14.1. The van der Waals surface area contributed by atoms with Crippen molar-refractivity contribution in [2.45, 2.75) is 12.4 Å². The van der Waals surface area contributed by atoms with Crippen molar-refractivity contribution < 1.29 is 22.4 Å². The average molecular weight is 378 g/mol. The molecule has 0 saturated carbocycles. The van der Waals surface area contributed by atoms with Gasteiger partial charge in [0.25, 0.3) is 5.91 Å². The molecule has 7 nitrogen and oxygen atoms in total. The zero-order valence-electron chi connectivity index (χ0n) is 14.6. The molecule has 1 aromatic carbocycles. The summed E-state index contributed by atoms with van der Waals surface area (Å²) in [6.45, 7) is 1.55. The Morgan fingerprint density at radius 1 is 1.08 bits per heavy atom. The molecule has 8 heteroatoms. The van der Waals surface area contributed by atoms with E-state index in [1.807, 2.05) is 18.2 Å². The van der Waals surface area contributed by atoms with Gasteiger partial charge in [0, 0.05) is 33.3 Å². The Kier molecular flexibility index (Phi) is 5.75. The van der Waals surface area contributed by atoms with Gasteiger partial charge in [-0.05, 0) is 17.7 Å². The molecule has 0 spiro atoms. The van der Waals surface area contributed by atoms with Crippen LogP contribution in [0.4, 0.5) is 0 Å². The van der Waals surface area contributed by atoms with Gasteiger partial charge in [0.1, 0.15) is 12.4 Å². The second-order valence-electron chi connectivity index (χ2n) is 6.13. The molecule has 2 aromatic rings. The number of carbonyl (C=O) groups is 1. The third-order valence-electron chi connectivity index (χ3n) is 4.27. The number of hydrogen-bond acceptors (Lipinski definition) is 5. The van der Waals surface area contributed by atoms with Crippen molar-refractivity contribution >= 4 is 15.9 Å². The minimum absolute atomic E-state index is 0.0274. The Morgan fingerprint density at radius 3 is 2.42 bits per heavy atom. The van der Waals surface area contributed by atoms with Crippen LogP contribution in [0.2, 0.25) is 0 Å². The molecule has 2 heterocycles. The fourth-order valence-electron chi connectivity index (χ4n) is 2.91. The maximum absolute atomic E-state index is 12.6. The summed E-state index contributed by atoms with van der Waals surface area (Å²) in [6, 6.07) is 12.4. The monoisotopic (exact) mass is 378 g/mol. The van der Waals surface area contributed by atoms with Gasteiger partial charge in [-0.1, -0.05) is 30.3 Å². The van der Waals surface area contributed by atoms with E-state index >= 15 is 0 Å². The highest BCUT2D eigenvalue weighted by atomic mass is 32.2. The lowest BCUT2D eigenvalue weighted by Gasteiger charge is -2.33. The van der Waals surface area contributed by atoms with Crippen LogP contribution in [0, 0.1) is 0 Å². The van der Waals surface area contributed by atoms with Gasteiger partial charge in [-0.15, -0.1) is 0 Å². The third-order valence-corrected chi connectivity index (χ3v) is 6.12. The van der Waals surface area contributed by atoms with Crippen LogP contribution in [0.15, 0.2) is 46.9 Å². The maximum atomic E-state index is 12.6. The molecule has 0 unspecified atom stereocenters. The number of furan rings is 1. The van der Waals surface area contributed by atoms with Gasteiger partial charge >= 0.3 is 0 Å². The highest BCUT2D eigenvalue weighted by molar-refractivity contribution is 7.88. The highest BCUT2D eigenvalue weighted by Crippen LogP contribution is 2.16. The predicted octanol–water partition coefficient (Wildman–Crippen LogP) is 1.71. The summed E-state index contributed by atoms with van der Waals surface area (Å²) in [7, 11) is -1.84. The molecular weight excluding hydrogens is 356 g/mol. The van der Waals surface area contributed by atoms with E-state index in [1.54, 1.807) is 36.3 Å². The number of rotatable bonds is 6. The summed E-state index contributed by atoms with van der Waals surface area (Å²) in [5, 5.41) is 0. The lowest BCUT2D eigenvalue weighted by atomic mass is 10.2. The molecule has 0 bridgehead atoms. The molecule has 0 radical (unpaired) electrons. The third kappa shape index (κ3) is 4.32. The van der Waals surface area contributed by atoms with Crippen LogP contribution < -0.4 is 0 Å². The van der Waals surface area contributed by atoms with Gasteiger partial charge < -0.3 is 14.1 Å². The number of ether oxygens (including phenoxy) is 1. The quantitative estimate of drug-likeness (QED) is 0.765. The average Bonchev–Trinajstić information content (AvgIpc) is 3.11. The van der Waals surface area contributed by atoms with Crippen LogP contribution in [0.1, 0.15) is 21.9 Å². The molecule has 1 amide bonds. The topological polar surface area (TPSA) is 80.1 Å². The van der Waals surface area contributed by atoms with Crippen molar-refractivity contribution in [3.8, 4) is 0 Å². The summed E-state index contributed by atoms with van der Waals surface area (Å²) in [6.07, 6.45) is 0. The number of piperazine rings is 1. The van der Waals surface area contributed by atoms with Crippen molar-refractivity contribution in [1.29, 1.82) is 0 Å². The van der Waals surface area contributed by atoms with Gasteiger partial charge in [-0.25, -0.2) is 8.42 Å². The van der Waals surface area contributed by atoms with Crippen LogP contribution in [0.25, 0.3) is 0 Å². The number of amides is 1. The minimum Gasteiger partial charge on any atom is -0.453 e. The molecule has 1 aliphatic rings. The minimum atomic E-state index is -3.40. The first-order valence-electron chi connectivity index (χ1n) is 8.38. The van der Waals surface area contributed by atoms with E-state index in [2.05, 4.69) is 0 Å². The predicted molar refractivity (Wildman–Crippen MR) is 96.0 cm³/mol. The summed E-state index contributed by atoms with van der Waals surface area (Å²) >= 11 is 0. The van der Waals surface area contributed by atoms with E-state index in [0.717, 1.165) is 5.56 Å². The Labute approximate surface area is 153 Å². The number of nitrogens with zero attached hydrogens (tertiary/aromatic N) is 2. The van der Waals surface area contributed by atoms with Crippen LogP contribution in [-0.4, -0.2) is 56.8 Å². The molecule has 1 saturated heterocycles. The van der Waals surface area contributed by atoms with Crippen molar-refractivity contribution in [2.75, 3.05) is 33.3 Å². The first-order valence-corrected chi connectivity index (χ1v) is 9.99. The van der Waals surface area contributed by atoms with Crippen LogP contribution in [0.5, 0.6) is 0 Å². The van der Waals surface area contributed by atoms with Gasteiger partial charge in [0.05, 0.1) is 5.75 Å². The smallest absolute Gasteiger partial charge is 0.289 e. The van der Waals surface area contributed by atoms with E-state index in [1.165, 1.54) is 4.31 Å². The molecule has 1 fully saturated rings. The molecule has 1 aliphatic heterocycles. The van der Waals surface area contributed by atoms with E-state index < -0.39 is 10.0 Å². The Balaban J connectivity index is 1.58. The molecule has 140 valence electrons. The Morgan fingerprint density at radius 2 is 1.77 bits per heavy atom. The normalized spacial score (nSPS) is 16.0. The lowest BCUT2D eigenvalue weighted by Crippen LogP contribution is -2.50. The fourth-order valence-corrected chi connectivity index (χ4v) is 4.43. The Bertz CT molecular complexity index is 839. The molecule has 0 atom stereocenters. The van der Waals surface area contributed by atoms with Crippen molar-refractivity contribution in [2.24, 2.45) is 0 Å². The van der Waals surface area contributed by atoms with Gasteiger partial charge in [-0.3, -0.25) is 4.79 Å². The first-order chi connectivity index (χ1) is 12.5. The van der Waals surface area contributed by atoms with Crippen LogP contribution >= 0.6 is 0 Å². The van der Waals surface area contributed by atoms with Crippen molar-refractivity contribution in [3.05, 3.63) is 59.5 Å². The van der Waals surface area contributed by atoms with Gasteiger partial charge in [-0.2, -0.15) is 4.31 Å². The number of benzene rings is 1. The zero-order valence-corrected chi connectivity index (χ0v) is 15.4. The lowest BCUT2D eigenvalue weighted by molar-refractivity contribution is 0.0658. The first kappa shape index (κ1) is 18.6. The van der Waals surface area contributed by atoms with Gasteiger partial charge in [0.2, 0.25) is 10.0 Å². The second kappa shape index (κ2) is 8.03. The van der Waals surface area contributed by atoms with Crippen LogP contribution in [-0.2, 0) is 27.1 Å². The fraction of sp³-hybridized carbons (Fsp3) is 0.389. The molecular formula is C18H22N2O5S. The largest absolute Gasteiger partial charge is 0.453 e. The zero-order chi connectivity index (χ0) is 18.6. The molecule has 26 heavy (non-hydrogen) atoms.